The largest absolute Gasteiger partial charge is 0.381 e. The van der Waals surface area contributed by atoms with Crippen LogP contribution in [-0.2, 0) is 4.74 Å². The molecule has 1 N–H and O–H groups in total. The van der Waals surface area contributed by atoms with Crippen LogP contribution in [0.3, 0.4) is 0 Å². The van der Waals surface area contributed by atoms with Crippen molar-refractivity contribution in [2.75, 3.05) is 32.8 Å². The molecule has 0 aromatic rings. The smallest absolute Gasteiger partial charge is 0.0468 e. The van der Waals surface area contributed by atoms with Gasteiger partial charge in [0.05, 0.1) is 0 Å². The maximum Gasteiger partial charge on any atom is 0.0468 e. The molecule has 1 saturated heterocycles. The van der Waals surface area contributed by atoms with Crippen molar-refractivity contribution in [2.45, 2.75) is 71.9 Å². The van der Waals surface area contributed by atoms with Gasteiger partial charge in [-0.1, -0.05) is 20.8 Å². The molecule has 0 radical (unpaired) electrons. The lowest BCUT2D eigenvalue weighted by atomic mass is 9.82. The predicted octanol–water partition coefficient (Wildman–Crippen LogP) is 3.29. The topological polar surface area (TPSA) is 24.5 Å². The zero-order chi connectivity index (χ0) is 15.0. The van der Waals surface area contributed by atoms with Crippen molar-refractivity contribution in [1.29, 1.82) is 0 Å². The first kappa shape index (κ1) is 17.9. The molecule has 0 amide bonds. The maximum absolute atomic E-state index is 5.51. The van der Waals surface area contributed by atoms with E-state index in [0.29, 0.717) is 6.04 Å². The molecule has 0 spiro atoms. The van der Waals surface area contributed by atoms with Gasteiger partial charge in [-0.15, -0.1) is 0 Å². The Hall–Kier alpha value is -0.120. The van der Waals surface area contributed by atoms with Crippen LogP contribution in [0.5, 0.6) is 0 Å². The first-order valence-electron chi connectivity index (χ1n) is 8.62. The summed E-state index contributed by atoms with van der Waals surface area (Å²) in [5, 5.41) is 3.82. The number of nitrogens with one attached hydrogen (secondary N) is 1. The van der Waals surface area contributed by atoms with Crippen molar-refractivity contribution in [2.24, 2.45) is 5.92 Å². The van der Waals surface area contributed by atoms with E-state index in [2.05, 4.69) is 44.8 Å². The van der Waals surface area contributed by atoms with Gasteiger partial charge in [0.2, 0.25) is 0 Å². The van der Waals surface area contributed by atoms with Crippen LogP contribution in [0.4, 0.5) is 0 Å². The summed E-state index contributed by atoms with van der Waals surface area (Å²) in [5.74, 6) is 0.827. The van der Waals surface area contributed by atoms with E-state index in [1.807, 2.05) is 0 Å². The number of ether oxygens (including phenoxy) is 1. The van der Waals surface area contributed by atoms with E-state index in [9.17, 15) is 0 Å². The summed E-state index contributed by atoms with van der Waals surface area (Å²) in [6, 6.07) is 0.574. The van der Waals surface area contributed by atoms with Gasteiger partial charge in [-0.05, 0) is 65.1 Å². The molecule has 0 saturated carbocycles. The Balaban J connectivity index is 2.69. The van der Waals surface area contributed by atoms with Gasteiger partial charge >= 0.3 is 0 Å². The molecular weight excluding hydrogens is 248 g/mol. The Morgan fingerprint density at radius 2 is 1.75 bits per heavy atom. The molecule has 1 rings (SSSR count). The lowest BCUT2D eigenvalue weighted by molar-refractivity contribution is 0.0389. The lowest BCUT2D eigenvalue weighted by Gasteiger charge is -2.45. The summed E-state index contributed by atoms with van der Waals surface area (Å²) in [7, 11) is 0. The first-order valence-corrected chi connectivity index (χ1v) is 8.62. The molecule has 1 aliphatic rings. The SMILES string of the molecule is CCCNC(CC1CCOCC1)C(C)(C)N(CC)CC. The van der Waals surface area contributed by atoms with Crippen LogP contribution in [0.1, 0.15) is 60.3 Å². The Morgan fingerprint density at radius 1 is 1.15 bits per heavy atom. The Kier molecular flexibility index (Phi) is 8.08. The molecule has 1 atom stereocenters. The average Bonchev–Trinajstić information content (AvgIpc) is 2.45. The third-order valence-corrected chi connectivity index (χ3v) is 4.98. The van der Waals surface area contributed by atoms with E-state index in [4.69, 9.17) is 4.74 Å². The minimum Gasteiger partial charge on any atom is -0.381 e. The van der Waals surface area contributed by atoms with Gasteiger partial charge in [-0.3, -0.25) is 4.90 Å². The molecule has 1 fully saturated rings. The predicted molar refractivity (Wildman–Crippen MR) is 87.2 cm³/mol. The van der Waals surface area contributed by atoms with Crippen molar-refractivity contribution in [3.8, 4) is 0 Å². The molecule has 0 aliphatic carbocycles. The number of nitrogens with zero attached hydrogens (tertiary/aromatic N) is 1. The van der Waals surface area contributed by atoms with E-state index in [-0.39, 0.29) is 5.54 Å². The van der Waals surface area contributed by atoms with Crippen molar-refractivity contribution in [3.63, 3.8) is 0 Å². The first-order chi connectivity index (χ1) is 9.56. The monoisotopic (exact) mass is 284 g/mol. The van der Waals surface area contributed by atoms with Crippen molar-refractivity contribution < 1.29 is 4.74 Å². The van der Waals surface area contributed by atoms with Crippen LogP contribution >= 0.6 is 0 Å². The second-order valence-corrected chi connectivity index (χ2v) is 6.62. The molecular formula is C17H36N2O. The summed E-state index contributed by atoms with van der Waals surface area (Å²) in [4.78, 5) is 2.60. The van der Waals surface area contributed by atoms with Gasteiger partial charge in [-0.25, -0.2) is 0 Å². The Morgan fingerprint density at radius 3 is 2.25 bits per heavy atom. The highest BCUT2D eigenvalue weighted by molar-refractivity contribution is 4.94. The summed E-state index contributed by atoms with van der Waals surface area (Å²) >= 11 is 0. The minimum atomic E-state index is 0.219. The van der Waals surface area contributed by atoms with Gasteiger partial charge < -0.3 is 10.1 Å². The fraction of sp³-hybridized carbons (Fsp3) is 1.00. The standard InChI is InChI=1S/C17H36N2O/c1-6-11-18-16(14-15-9-12-20-13-10-15)17(4,5)19(7-2)8-3/h15-16,18H,6-14H2,1-5H3. The van der Waals surface area contributed by atoms with Gasteiger partial charge in [-0.2, -0.15) is 0 Å². The lowest BCUT2D eigenvalue weighted by Crippen LogP contribution is -2.58. The molecule has 0 bridgehead atoms. The molecule has 3 heteroatoms. The summed E-state index contributed by atoms with van der Waals surface area (Å²) in [5.41, 5.74) is 0.219. The molecule has 1 unspecified atom stereocenters. The van der Waals surface area contributed by atoms with E-state index in [1.165, 1.54) is 25.7 Å². The van der Waals surface area contributed by atoms with Crippen molar-refractivity contribution >= 4 is 0 Å². The van der Waals surface area contributed by atoms with Gasteiger partial charge in [0.15, 0.2) is 0 Å². The molecule has 3 nitrogen and oxygen atoms in total. The maximum atomic E-state index is 5.51. The second-order valence-electron chi connectivity index (χ2n) is 6.62. The molecule has 120 valence electrons. The van der Waals surface area contributed by atoms with Gasteiger partial charge in [0, 0.05) is 24.8 Å². The fourth-order valence-corrected chi connectivity index (χ4v) is 3.51. The summed E-state index contributed by atoms with van der Waals surface area (Å²) in [6.45, 7) is 16.9. The zero-order valence-electron chi connectivity index (χ0n) is 14.4. The molecule has 1 heterocycles. The third kappa shape index (κ3) is 5.01. The fourth-order valence-electron chi connectivity index (χ4n) is 3.51. The average molecular weight is 284 g/mol. The summed E-state index contributed by atoms with van der Waals surface area (Å²) < 4.78 is 5.51. The minimum absolute atomic E-state index is 0.219. The molecule has 20 heavy (non-hydrogen) atoms. The molecule has 1 aliphatic heterocycles. The van der Waals surface area contributed by atoms with E-state index < -0.39 is 0 Å². The third-order valence-electron chi connectivity index (χ3n) is 4.98. The van der Waals surface area contributed by atoms with Crippen molar-refractivity contribution in [1.82, 2.24) is 10.2 Å². The van der Waals surface area contributed by atoms with E-state index >= 15 is 0 Å². The Labute approximate surface area is 126 Å². The van der Waals surface area contributed by atoms with Crippen molar-refractivity contribution in [3.05, 3.63) is 0 Å². The second kappa shape index (κ2) is 9.01. The number of rotatable bonds is 9. The van der Waals surface area contributed by atoms with Crippen LogP contribution in [-0.4, -0.2) is 49.3 Å². The number of likely N-dealkylation sites (N-methyl/N-ethyl adjacent to an activating group) is 1. The quantitative estimate of drug-likeness (QED) is 0.703. The van der Waals surface area contributed by atoms with Crippen LogP contribution in [0.2, 0.25) is 0 Å². The zero-order valence-corrected chi connectivity index (χ0v) is 14.4. The van der Waals surface area contributed by atoms with Crippen LogP contribution in [0, 0.1) is 5.92 Å². The summed E-state index contributed by atoms with van der Waals surface area (Å²) in [6.07, 6.45) is 4.96. The Bertz CT molecular complexity index is 245. The molecule has 0 aromatic carbocycles. The number of hydrogen-bond donors (Lipinski definition) is 1. The highest BCUT2D eigenvalue weighted by Gasteiger charge is 2.35. The van der Waals surface area contributed by atoms with Crippen LogP contribution in [0.15, 0.2) is 0 Å². The highest BCUT2D eigenvalue weighted by Crippen LogP contribution is 2.28. The van der Waals surface area contributed by atoms with Crippen LogP contribution < -0.4 is 5.32 Å². The van der Waals surface area contributed by atoms with Gasteiger partial charge in [0.1, 0.15) is 0 Å². The molecule has 0 aromatic heterocycles. The van der Waals surface area contributed by atoms with Gasteiger partial charge in [0.25, 0.3) is 0 Å². The van der Waals surface area contributed by atoms with Crippen LogP contribution in [0.25, 0.3) is 0 Å². The normalized spacial score (nSPS) is 19.5. The van der Waals surface area contributed by atoms with E-state index in [0.717, 1.165) is 38.8 Å². The van der Waals surface area contributed by atoms with E-state index in [1.54, 1.807) is 0 Å². The highest BCUT2D eigenvalue weighted by atomic mass is 16.5. The number of hydrogen-bond acceptors (Lipinski definition) is 3.